The predicted molar refractivity (Wildman–Crippen MR) is 153 cm³/mol. The zero-order valence-electron chi connectivity index (χ0n) is 22.6. The van der Waals surface area contributed by atoms with Crippen molar-refractivity contribution in [2.24, 2.45) is 11.8 Å². The largest absolute Gasteiger partial charge is 0.506 e. The average Bonchev–Trinajstić information content (AvgIpc) is 3.22. The molecule has 4 rings (SSSR count). The van der Waals surface area contributed by atoms with Crippen LogP contribution in [0.4, 0.5) is 0 Å². The van der Waals surface area contributed by atoms with Crippen molar-refractivity contribution >= 4 is 32.0 Å². The van der Waals surface area contributed by atoms with E-state index < -0.39 is 56.5 Å². The Morgan fingerprint density at radius 3 is 2.37 bits per heavy atom. The van der Waals surface area contributed by atoms with Gasteiger partial charge in [-0.05, 0) is 61.3 Å². The van der Waals surface area contributed by atoms with E-state index in [9.17, 15) is 31.5 Å². The lowest BCUT2D eigenvalue weighted by Crippen LogP contribution is -2.48. The zero-order valence-corrected chi connectivity index (χ0v) is 24.2. The van der Waals surface area contributed by atoms with Crippen molar-refractivity contribution in [2.45, 2.75) is 43.5 Å². The third kappa shape index (κ3) is 7.75. The van der Waals surface area contributed by atoms with Gasteiger partial charge in [0.1, 0.15) is 18.3 Å². The predicted octanol–water partition coefficient (Wildman–Crippen LogP) is 2.13. The molecule has 0 spiro atoms. The van der Waals surface area contributed by atoms with Gasteiger partial charge in [-0.3, -0.25) is 9.59 Å². The van der Waals surface area contributed by atoms with Gasteiger partial charge in [0.15, 0.2) is 0 Å². The smallest absolute Gasteiger partial charge is 0.326 e. The summed E-state index contributed by atoms with van der Waals surface area (Å²) in [5.41, 5.74) is 1.15. The van der Waals surface area contributed by atoms with Crippen molar-refractivity contribution in [3.63, 3.8) is 0 Å². The van der Waals surface area contributed by atoms with E-state index in [4.69, 9.17) is 0 Å². The van der Waals surface area contributed by atoms with Crippen LogP contribution in [0.3, 0.4) is 0 Å². The third-order valence-corrected chi connectivity index (χ3v) is 9.91. The van der Waals surface area contributed by atoms with Gasteiger partial charge in [-0.2, -0.15) is 13.1 Å². The van der Waals surface area contributed by atoms with E-state index in [1.54, 1.807) is 25.1 Å². The SMILES string of the molecule is CC1C=C(N2CC(=O)NS2(=O)=O)C(O)=CC1C[C@@H](NS(=O)(=O)c1ccccc1)C(=O)NCCCCc1ccccc1. The van der Waals surface area contributed by atoms with Crippen LogP contribution in [0.1, 0.15) is 31.7 Å². The number of hydrogen-bond acceptors (Lipinski definition) is 7. The summed E-state index contributed by atoms with van der Waals surface area (Å²) in [4.78, 5) is 24.9. The van der Waals surface area contributed by atoms with E-state index >= 15 is 0 Å². The molecule has 11 nitrogen and oxygen atoms in total. The zero-order chi connectivity index (χ0) is 29.6. The fraction of sp³-hybridized carbons (Fsp3) is 0.357. The summed E-state index contributed by atoms with van der Waals surface area (Å²) in [6.07, 6.45) is 5.29. The van der Waals surface area contributed by atoms with Crippen LogP contribution in [0.15, 0.2) is 89.2 Å². The first-order chi connectivity index (χ1) is 19.5. The molecule has 0 bridgehead atoms. The third-order valence-electron chi connectivity index (χ3n) is 7.03. The van der Waals surface area contributed by atoms with Crippen LogP contribution >= 0.6 is 0 Å². The van der Waals surface area contributed by atoms with Crippen LogP contribution in [0.2, 0.25) is 0 Å². The first-order valence-corrected chi connectivity index (χ1v) is 16.2. The summed E-state index contributed by atoms with van der Waals surface area (Å²) in [5, 5.41) is 13.5. The van der Waals surface area contributed by atoms with E-state index in [1.165, 1.54) is 29.8 Å². The number of allylic oxidation sites excluding steroid dienone is 2. The molecule has 1 saturated heterocycles. The molecule has 2 unspecified atom stereocenters. The second kappa shape index (κ2) is 12.9. The van der Waals surface area contributed by atoms with Crippen molar-refractivity contribution < 1.29 is 31.5 Å². The quantitative estimate of drug-likeness (QED) is 0.271. The molecule has 0 radical (unpaired) electrons. The Morgan fingerprint density at radius 2 is 1.73 bits per heavy atom. The molecule has 2 aromatic carbocycles. The number of carbonyl (C=O) groups excluding carboxylic acids is 2. The lowest BCUT2D eigenvalue weighted by Gasteiger charge is -2.30. The van der Waals surface area contributed by atoms with Crippen LogP contribution in [-0.4, -0.2) is 57.2 Å². The Balaban J connectivity index is 1.46. The number of rotatable bonds is 12. The number of aryl methyl sites for hydroxylation is 1. The standard InChI is InChI=1S/C28H34N4O7S2/c1-20-16-25(32-19-27(34)31-41(32,38)39)26(33)18-22(20)17-24(30-40(36,37)23-13-6-3-7-14-23)28(35)29-15-9-8-12-21-10-4-2-5-11-21/h2-7,10-11,13-14,16,18,20,22,24,30,33H,8-9,12,15,17,19H2,1H3,(H,29,35)(H,31,34)/t20?,22?,24-/m1/s1. The van der Waals surface area contributed by atoms with Gasteiger partial charge in [0.25, 0.3) is 5.91 Å². The highest BCUT2D eigenvalue weighted by Crippen LogP contribution is 2.33. The van der Waals surface area contributed by atoms with Gasteiger partial charge >= 0.3 is 10.2 Å². The van der Waals surface area contributed by atoms with Crippen LogP contribution in [0.5, 0.6) is 0 Å². The maximum Gasteiger partial charge on any atom is 0.326 e. The molecule has 3 atom stereocenters. The molecule has 2 aromatic rings. The summed E-state index contributed by atoms with van der Waals surface area (Å²) in [6, 6.07) is 16.5. The number of aliphatic hydroxyl groups is 1. The van der Waals surface area contributed by atoms with E-state index in [0.29, 0.717) is 13.0 Å². The number of nitrogens with zero attached hydrogens (tertiary/aromatic N) is 1. The molecule has 0 saturated carbocycles. The van der Waals surface area contributed by atoms with Crippen LogP contribution < -0.4 is 14.8 Å². The molecule has 2 amide bonds. The van der Waals surface area contributed by atoms with Crippen molar-refractivity contribution in [2.75, 3.05) is 13.1 Å². The van der Waals surface area contributed by atoms with E-state index in [-0.39, 0.29) is 22.8 Å². The molecule has 1 fully saturated rings. The monoisotopic (exact) mass is 602 g/mol. The van der Waals surface area contributed by atoms with Gasteiger partial charge in [0.05, 0.1) is 10.6 Å². The first-order valence-electron chi connectivity index (χ1n) is 13.3. The summed E-state index contributed by atoms with van der Waals surface area (Å²) in [6.45, 7) is 1.65. The summed E-state index contributed by atoms with van der Waals surface area (Å²) in [5.74, 6) is -2.51. The number of amides is 2. The van der Waals surface area contributed by atoms with Gasteiger partial charge in [0.2, 0.25) is 15.9 Å². The summed E-state index contributed by atoms with van der Waals surface area (Å²) in [7, 11) is -8.17. The maximum atomic E-state index is 13.3. The molecule has 1 aliphatic heterocycles. The highest BCUT2D eigenvalue weighted by molar-refractivity contribution is 7.89. The fourth-order valence-corrected chi connectivity index (χ4v) is 7.21. The Bertz CT molecular complexity index is 1530. The number of hydrogen-bond donors (Lipinski definition) is 4. The van der Waals surface area contributed by atoms with Crippen molar-refractivity contribution in [1.29, 1.82) is 0 Å². The lowest BCUT2D eigenvalue weighted by molar-refractivity contribution is -0.123. The highest BCUT2D eigenvalue weighted by Gasteiger charge is 2.39. The number of aliphatic hydroxyl groups excluding tert-OH is 1. The van der Waals surface area contributed by atoms with E-state index in [1.807, 2.05) is 35.1 Å². The molecule has 13 heteroatoms. The summed E-state index contributed by atoms with van der Waals surface area (Å²) < 4.78 is 55.9. The topological polar surface area (TPSA) is 162 Å². The Morgan fingerprint density at radius 1 is 1.07 bits per heavy atom. The van der Waals surface area contributed by atoms with Crippen molar-refractivity contribution in [1.82, 2.24) is 19.1 Å². The average molecular weight is 603 g/mol. The normalized spacial score (nSPS) is 21.0. The van der Waals surface area contributed by atoms with Crippen LogP contribution in [-0.2, 0) is 36.2 Å². The second-order valence-electron chi connectivity index (χ2n) is 10.1. The van der Waals surface area contributed by atoms with Gasteiger partial charge in [-0.1, -0.05) is 61.5 Å². The van der Waals surface area contributed by atoms with E-state index in [0.717, 1.165) is 17.1 Å². The van der Waals surface area contributed by atoms with Gasteiger partial charge in [-0.25, -0.2) is 17.4 Å². The lowest BCUT2D eigenvalue weighted by atomic mass is 9.83. The van der Waals surface area contributed by atoms with Gasteiger partial charge < -0.3 is 10.4 Å². The molecular weight excluding hydrogens is 568 g/mol. The highest BCUT2D eigenvalue weighted by atomic mass is 32.2. The maximum absolute atomic E-state index is 13.3. The second-order valence-corrected chi connectivity index (χ2v) is 13.4. The molecule has 2 aliphatic rings. The van der Waals surface area contributed by atoms with Crippen LogP contribution in [0, 0.1) is 11.8 Å². The minimum atomic E-state index is -4.12. The first kappa shape index (κ1) is 30.3. The Hall–Kier alpha value is -3.68. The molecule has 220 valence electrons. The van der Waals surface area contributed by atoms with Gasteiger partial charge in [0, 0.05) is 6.54 Å². The summed E-state index contributed by atoms with van der Waals surface area (Å²) >= 11 is 0. The molecule has 1 heterocycles. The number of benzene rings is 2. The Labute approximate surface area is 240 Å². The van der Waals surface area contributed by atoms with Crippen LogP contribution in [0.25, 0.3) is 0 Å². The minimum Gasteiger partial charge on any atom is -0.506 e. The molecule has 1 aliphatic carbocycles. The minimum absolute atomic E-state index is 0.000843. The van der Waals surface area contributed by atoms with Gasteiger partial charge in [-0.15, -0.1) is 0 Å². The molecule has 4 N–H and O–H groups in total. The number of nitrogens with one attached hydrogen (secondary N) is 3. The molecule has 41 heavy (non-hydrogen) atoms. The number of carbonyl (C=O) groups is 2. The molecular formula is C28H34N4O7S2. The Kier molecular flexibility index (Phi) is 9.51. The number of sulfonamides is 1. The number of unbranched alkanes of at least 4 members (excludes halogenated alkanes) is 1. The molecule has 0 aromatic heterocycles. The van der Waals surface area contributed by atoms with Crippen molar-refractivity contribution in [3.05, 3.63) is 89.8 Å². The van der Waals surface area contributed by atoms with E-state index in [2.05, 4.69) is 10.0 Å². The fourth-order valence-electron chi connectivity index (χ4n) is 4.82. The van der Waals surface area contributed by atoms with Crippen molar-refractivity contribution in [3.8, 4) is 0 Å².